The molecule has 0 radical (unpaired) electrons. The van der Waals surface area contributed by atoms with Crippen molar-refractivity contribution in [2.45, 2.75) is 52.0 Å². The lowest BCUT2D eigenvalue weighted by Gasteiger charge is -2.15. The van der Waals surface area contributed by atoms with Crippen molar-refractivity contribution in [1.82, 2.24) is 30.0 Å². The second-order valence-electron chi connectivity index (χ2n) is 7.69. The van der Waals surface area contributed by atoms with Crippen molar-refractivity contribution in [2.75, 3.05) is 13.1 Å². The van der Waals surface area contributed by atoms with Crippen LogP contribution in [0.25, 0.3) is 0 Å². The van der Waals surface area contributed by atoms with E-state index in [1.54, 1.807) is 6.33 Å². The molecule has 4 rings (SSSR count). The summed E-state index contributed by atoms with van der Waals surface area (Å²) < 4.78 is 0. The van der Waals surface area contributed by atoms with Crippen molar-refractivity contribution in [3.63, 3.8) is 0 Å². The standard InChI is InChI=1S/C18H26N6/c1-11(2)17-21-18(23-22-17)16-9-24(8-15(16)13-4-5-13)7-14-6-12(3)19-10-20-14/h6,10-11,13,15-16H,4-5,7-9H2,1-3H3,(H,21,22,23)/t15-,16+/m1/s1. The number of H-pyrrole nitrogens is 1. The summed E-state index contributed by atoms with van der Waals surface area (Å²) in [5.74, 6) is 4.42. The molecule has 1 aliphatic carbocycles. The second-order valence-corrected chi connectivity index (χ2v) is 7.69. The van der Waals surface area contributed by atoms with Crippen LogP contribution in [0.5, 0.6) is 0 Å². The van der Waals surface area contributed by atoms with Gasteiger partial charge in [0.05, 0.1) is 5.69 Å². The van der Waals surface area contributed by atoms with Crippen LogP contribution in [0.3, 0.4) is 0 Å². The normalized spacial score (nSPS) is 24.8. The fourth-order valence-corrected chi connectivity index (χ4v) is 3.87. The third kappa shape index (κ3) is 3.20. The van der Waals surface area contributed by atoms with Crippen molar-refractivity contribution in [2.24, 2.45) is 11.8 Å². The molecule has 0 amide bonds. The summed E-state index contributed by atoms with van der Waals surface area (Å²) in [7, 11) is 0. The molecule has 2 aromatic rings. The van der Waals surface area contributed by atoms with E-state index in [2.05, 4.69) is 45.0 Å². The first kappa shape index (κ1) is 15.7. The Bertz CT molecular complexity index is 705. The van der Waals surface area contributed by atoms with E-state index < -0.39 is 0 Å². The summed E-state index contributed by atoms with van der Waals surface area (Å²) in [6, 6.07) is 2.09. The molecule has 1 saturated heterocycles. The van der Waals surface area contributed by atoms with Crippen LogP contribution in [-0.4, -0.2) is 43.1 Å². The van der Waals surface area contributed by atoms with Gasteiger partial charge < -0.3 is 0 Å². The first-order valence-corrected chi connectivity index (χ1v) is 9.02. The van der Waals surface area contributed by atoms with Gasteiger partial charge in [-0.3, -0.25) is 10.00 Å². The number of aromatic amines is 1. The summed E-state index contributed by atoms with van der Waals surface area (Å²) in [5.41, 5.74) is 2.14. The molecule has 0 bridgehead atoms. The molecule has 128 valence electrons. The van der Waals surface area contributed by atoms with Crippen molar-refractivity contribution in [3.8, 4) is 0 Å². The van der Waals surface area contributed by atoms with E-state index in [0.29, 0.717) is 17.8 Å². The fraction of sp³-hybridized carbons (Fsp3) is 0.667. The molecule has 0 unspecified atom stereocenters. The number of likely N-dealkylation sites (tertiary alicyclic amines) is 1. The predicted octanol–water partition coefficient (Wildman–Crippen LogP) is 2.65. The number of rotatable bonds is 5. The molecule has 6 nitrogen and oxygen atoms in total. The third-order valence-corrected chi connectivity index (χ3v) is 5.30. The summed E-state index contributed by atoms with van der Waals surface area (Å²) in [4.78, 5) is 15.9. The average Bonchev–Trinajstić information content (AvgIpc) is 3.11. The number of hydrogen-bond donors (Lipinski definition) is 1. The molecule has 2 fully saturated rings. The highest BCUT2D eigenvalue weighted by molar-refractivity contribution is 5.12. The van der Waals surface area contributed by atoms with Crippen molar-refractivity contribution < 1.29 is 0 Å². The molecular weight excluding hydrogens is 300 g/mol. The van der Waals surface area contributed by atoms with Gasteiger partial charge in [0.2, 0.25) is 0 Å². The van der Waals surface area contributed by atoms with Gasteiger partial charge in [-0.25, -0.2) is 15.0 Å². The van der Waals surface area contributed by atoms with Crippen LogP contribution in [0.1, 0.15) is 61.6 Å². The Morgan fingerprint density at radius 3 is 2.75 bits per heavy atom. The quantitative estimate of drug-likeness (QED) is 0.914. The molecule has 24 heavy (non-hydrogen) atoms. The van der Waals surface area contributed by atoms with E-state index in [1.807, 2.05) is 6.92 Å². The minimum absolute atomic E-state index is 0.371. The number of nitrogens with one attached hydrogen (secondary N) is 1. The van der Waals surface area contributed by atoms with Crippen LogP contribution in [0, 0.1) is 18.8 Å². The molecule has 1 saturated carbocycles. The zero-order valence-electron chi connectivity index (χ0n) is 14.7. The maximum absolute atomic E-state index is 4.79. The largest absolute Gasteiger partial charge is 0.296 e. The topological polar surface area (TPSA) is 70.6 Å². The van der Waals surface area contributed by atoms with E-state index in [-0.39, 0.29) is 0 Å². The zero-order chi connectivity index (χ0) is 16.7. The highest BCUT2D eigenvalue weighted by Gasteiger charge is 2.44. The number of aryl methyl sites for hydroxylation is 1. The van der Waals surface area contributed by atoms with Gasteiger partial charge in [0.15, 0.2) is 5.82 Å². The monoisotopic (exact) mass is 326 g/mol. The molecule has 2 aliphatic rings. The number of nitrogens with zero attached hydrogens (tertiary/aromatic N) is 5. The molecule has 6 heteroatoms. The second kappa shape index (κ2) is 6.24. The van der Waals surface area contributed by atoms with Crippen LogP contribution in [0.15, 0.2) is 12.4 Å². The molecule has 2 aromatic heterocycles. The van der Waals surface area contributed by atoms with Gasteiger partial charge in [-0.05, 0) is 37.7 Å². The van der Waals surface area contributed by atoms with Crippen molar-refractivity contribution in [3.05, 3.63) is 35.4 Å². The summed E-state index contributed by atoms with van der Waals surface area (Å²) in [5, 5.41) is 7.64. The van der Waals surface area contributed by atoms with Crippen molar-refractivity contribution in [1.29, 1.82) is 0 Å². The molecule has 1 N–H and O–H groups in total. The Morgan fingerprint density at radius 2 is 2.08 bits per heavy atom. The van der Waals surface area contributed by atoms with Gasteiger partial charge in [-0.2, -0.15) is 5.10 Å². The van der Waals surface area contributed by atoms with E-state index in [9.17, 15) is 0 Å². The highest BCUT2D eigenvalue weighted by atomic mass is 15.2. The van der Waals surface area contributed by atoms with Gasteiger partial charge >= 0.3 is 0 Å². The highest BCUT2D eigenvalue weighted by Crippen LogP contribution is 2.47. The Labute approximate surface area is 143 Å². The van der Waals surface area contributed by atoms with Crippen LogP contribution < -0.4 is 0 Å². The molecule has 2 atom stereocenters. The molecule has 0 aromatic carbocycles. The van der Waals surface area contributed by atoms with Crippen LogP contribution in [0.2, 0.25) is 0 Å². The first-order chi connectivity index (χ1) is 11.6. The Morgan fingerprint density at radius 1 is 1.25 bits per heavy atom. The predicted molar refractivity (Wildman–Crippen MR) is 91.5 cm³/mol. The SMILES string of the molecule is Cc1cc(CN2C[C@H](c3nc(C(C)C)n[nH]3)[C@@H](C3CC3)C2)ncn1. The first-order valence-electron chi connectivity index (χ1n) is 9.02. The Hall–Kier alpha value is -1.82. The molecule has 0 spiro atoms. The minimum atomic E-state index is 0.371. The maximum Gasteiger partial charge on any atom is 0.153 e. The third-order valence-electron chi connectivity index (χ3n) is 5.30. The average molecular weight is 326 g/mol. The Kier molecular flexibility index (Phi) is 4.08. The Balaban J connectivity index is 1.51. The van der Waals surface area contributed by atoms with Crippen molar-refractivity contribution >= 4 is 0 Å². The van der Waals surface area contributed by atoms with Gasteiger partial charge in [0.1, 0.15) is 12.2 Å². The lowest BCUT2D eigenvalue weighted by molar-refractivity contribution is 0.306. The lowest BCUT2D eigenvalue weighted by atomic mass is 9.91. The van der Waals surface area contributed by atoms with Crippen LogP contribution in [-0.2, 0) is 6.54 Å². The smallest absolute Gasteiger partial charge is 0.153 e. The minimum Gasteiger partial charge on any atom is -0.296 e. The number of aromatic nitrogens is 5. The van der Waals surface area contributed by atoms with Crippen LogP contribution >= 0.6 is 0 Å². The van der Waals surface area contributed by atoms with E-state index >= 15 is 0 Å². The lowest BCUT2D eigenvalue weighted by Crippen LogP contribution is -2.21. The fourth-order valence-electron chi connectivity index (χ4n) is 3.87. The molecule has 1 aliphatic heterocycles. The summed E-state index contributed by atoms with van der Waals surface area (Å²) >= 11 is 0. The van der Waals surface area contributed by atoms with Gasteiger partial charge in [-0.15, -0.1) is 0 Å². The van der Waals surface area contributed by atoms with Crippen LogP contribution in [0.4, 0.5) is 0 Å². The van der Waals surface area contributed by atoms with E-state index in [0.717, 1.165) is 48.6 Å². The van der Waals surface area contributed by atoms with E-state index in [1.165, 1.54) is 12.8 Å². The molecular formula is C18H26N6. The summed E-state index contributed by atoms with van der Waals surface area (Å²) in [6.07, 6.45) is 4.40. The van der Waals surface area contributed by atoms with Gasteiger partial charge in [0, 0.05) is 37.2 Å². The number of hydrogen-bond acceptors (Lipinski definition) is 5. The summed E-state index contributed by atoms with van der Waals surface area (Å²) in [6.45, 7) is 9.38. The van der Waals surface area contributed by atoms with Gasteiger partial charge in [0.25, 0.3) is 0 Å². The van der Waals surface area contributed by atoms with Gasteiger partial charge in [-0.1, -0.05) is 13.8 Å². The van der Waals surface area contributed by atoms with E-state index in [4.69, 9.17) is 4.98 Å². The zero-order valence-corrected chi connectivity index (χ0v) is 14.7. The molecule has 3 heterocycles. The maximum atomic E-state index is 4.79.